The molecule has 4 nitrogen and oxygen atoms in total. The summed E-state index contributed by atoms with van der Waals surface area (Å²) in [5.74, 6) is -1.19. The lowest BCUT2D eigenvalue weighted by Crippen LogP contribution is -2.65. The van der Waals surface area contributed by atoms with E-state index in [-0.39, 0.29) is 62.8 Å². The molecular formula is C37H48FNO3. The van der Waals surface area contributed by atoms with E-state index in [0.29, 0.717) is 12.8 Å². The summed E-state index contributed by atoms with van der Waals surface area (Å²) in [5, 5.41) is 20.5. The smallest absolute Gasteiger partial charge is 0.306 e. The third kappa shape index (κ3) is 3.88. The number of nitrogens with zero attached hydrogens (tertiary/aromatic N) is 1. The number of rotatable bonds is 2. The largest absolute Gasteiger partial charge is 0.481 e. The van der Waals surface area contributed by atoms with Gasteiger partial charge >= 0.3 is 5.97 Å². The van der Waals surface area contributed by atoms with Crippen LogP contribution in [-0.4, -0.2) is 16.9 Å². The number of hydrogen-bond donors (Lipinski definition) is 1. The van der Waals surface area contributed by atoms with E-state index in [4.69, 9.17) is 0 Å². The Balaban J connectivity index is 1.59. The van der Waals surface area contributed by atoms with E-state index in [1.807, 2.05) is 6.07 Å². The molecule has 9 atom stereocenters. The number of Topliss-reactive ketones (excluding diaryl/α,β-unsaturated/α-hetero) is 1. The van der Waals surface area contributed by atoms with Crippen LogP contribution in [0.1, 0.15) is 105 Å². The zero-order valence-corrected chi connectivity index (χ0v) is 26.5. The maximum Gasteiger partial charge on any atom is 0.306 e. The van der Waals surface area contributed by atoms with Crippen molar-refractivity contribution >= 4 is 17.3 Å². The molecule has 0 saturated heterocycles. The summed E-state index contributed by atoms with van der Waals surface area (Å²) < 4.78 is 14.9. The first-order chi connectivity index (χ1) is 19.5. The highest BCUT2D eigenvalue weighted by molar-refractivity contribution is 5.90. The van der Waals surface area contributed by atoms with Gasteiger partial charge < -0.3 is 5.11 Å². The lowest BCUT2D eigenvalue weighted by molar-refractivity contribution is -0.186. The van der Waals surface area contributed by atoms with E-state index in [0.717, 1.165) is 44.1 Å². The average Bonchev–Trinajstić information content (AvgIpc) is 2.90. The van der Waals surface area contributed by atoms with Gasteiger partial charge in [-0.15, -0.1) is 0 Å². The summed E-state index contributed by atoms with van der Waals surface area (Å²) in [4.78, 5) is 26.2. The van der Waals surface area contributed by atoms with Gasteiger partial charge in [0.05, 0.1) is 12.0 Å². The first-order valence-electron chi connectivity index (χ1n) is 16.2. The lowest BCUT2D eigenvalue weighted by Gasteiger charge is -2.71. The highest BCUT2D eigenvalue weighted by atomic mass is 19.1. The van der Waals surface area contributed by atoms with Crippen molar-refractivity contribution in [3.8, 4) is 6.07 Å². The first-order valence-corrected chi connectivity index (χ1v) is 16.2. The zero-order chi connectivity index (χ0) is 30.6. The van der Waals surface area contributed by atoms with Gasteiger partial charge in [-0.1, -0.05) is 66.2 Å². The Morgan fingerprint density at radius 1 is 1.00 bits per heavy atom. The van der Waals surface area contributed by atoms with E-state index in [1.165, 1.54) is 17.2 Å². The number of carboxylic acids is 1. The molecule has 6 rings (SSSR count). The van der Waals surface area contributed by atoms with Crippen LogP contribution in [0.2, 0.25) is 0 Å². The summed E-state index contributed by atoms with van der Waals surface area (Å²) in [7, 11) is 0. The van der Waals surface area contributed by atoms with E-state index < -0.39 is 17.3 Å². The number of ketones is 1. The van der Waals surface area contributed by atoms with Gasteiger partial charge in [-0.25, -0.2) is 4.39 Å². The van der Waals surface area contributed by atoms with Crippen molar-refractivity contribution in [2.24, 2.45) is 62.6 Å². The van der Waals surface area contributed by atoms with Gasteiger partial charge in [0.25, 0.3) is 0 Å². The molecule has 5 aliphatic carbocycles. The molecule has 0 amide bonds. The molecule has 1 N–H and O–H groups in total. The fraction of sp³-hybridized carbons (Fsp3) is 0.703. The maximum atomic E-state index is 14.9. The highest BCUT2D eigenvalue weighted by Gasteiger charge is 2.69. The van der Waals surface area contributed by atoms with Crippen molar-refractivity contribution in [3.63, 3.8) is 0 Å². The molecule has 0 aromatic heterocycles. The molecule has 0 heterocycles. The van der Waals surface area contributed by atoms with Gasteiger partial charge in [0.1, 0.15) is 11.7 Å². The summed E-state index contributed by atoms with van der Waals surface area (Å²) in [6.45, 7) is 15.8. The first kappa shape index (κ1) is 29.6. The third-order valence-corrected chi connectivity index (χ3v) is 13.9. The number of allylic oxidation sites excluding steroid dienone is 2. The van der Waals surface area contributed by atoms with Gasteiger partial charge in [-0.05, 0) is 120 Å². The van der Waals surface area contributed by atoms with Gasteiger partial charge in [0.15, 0.2) is 5.78 Å². The Hall–Kier alpha value is -2.48. The average molecular weight is 574 g/mol. The monoisotopic (exact) mass is 573 g/mol. The number of aliphatic carboxylic acids is 1. The number of carboxylic acid groups (broad SMARTS) is 1. The molecule has 5 aliphatic rings. The second-order valence-electron chi connectivity index (χ2n) is 16.8. The molecule has 1 aromatic rings. The van der Waals surface area contributed by atoms with Crippen LogP contribution in [0.25, 0.3) is 5.57 Å². The number of nitriles is 1. The summed E-state index contributed by atoms with van der Waals surface area (Å²) in [5.41, 5.74) is 2.37. The van der Waals surface area contributed by atoms with E-state index in [1.54, 1.807) is 12.1 Å². The van der Waals surface area contributed by atoms with Crippen LogP contribution in [0.5, 0.6) is 0 Å². The minimum absolute atomic E-state index is 0.0772. The van der Waals surface area contributed by atoms with Crippen LogP contribution in [0.4, 0.5) is 4.39 Å². The van der Waals surface area contributed by atoms with Crippen LogP contribution in [-0.2, 0) is 9.59 Å². The predicted octanol–water partition coefficient (Wildman–Crippen LogP) is 8.71. The molecule has 0 radical (unpaired) electrons. The van der Waals surface area contributed by atoms with E-state index in [2.05, 4.69) is 54.5 Å². The number of benzene rings is 1. The Labute approximate surface area is 251 Å². The van der Waals surface area contributed by atoms with E-state index >= 15 is 0 Å². The Kier molecular flexibility index (Phi) is 6.52. The lowest BCUT2D eigenvalue weighted by atomic mass is 9.33. The molecule has 0 bridgehead atoms. The van der Waals surface area contributed by atoms with Gasteiger partial charge in [0.2, 0.25) is 0 Å². The molecular weight excluding hydrogens is 525 g/mol. The van der Waals surface area contributed by atoms with Crippen molar-refractivity contribution in [2.75, 3.05) is 0 Å². The molecule has 0 spiro atoms. The molecule has 8 unspecified atom stereocenters. The normalized spacial score (nSPS) is 43.7. The molecule has 4 fully saturated rings. The van der Waals surface area contributed by atoms with Gasteiger partial charge in [-0.3, -0.25) is 9.59 Å². The molecule has 4 saturated carbocycles. The molecule has 42 heavy (non-hydrogen) atoms. The highest BCUT2D eigenvalue weighted by Crippen LogP contribution is 2.76. The van der Waals surface area contributed by atoms with Crippen LogP contribution in [0.3, 0.4) is 0 Å². The Bertz CT molecular complexity index is 1420. The number of halogens is 1. The SMILES string of the molecule is CC1(C)CC2C3=C(c4cccc(F)c4)CC4C5(C)CC(C#N)C(=O)C(C)(C)C5CCC4(C)C3(C)CCC2[C@H](C(=O)O)C1. The van der Waals surface area contributed by atoms with Crippen LogP contribution >= 0.6 is 0 Å². The van der Waals surface area contributed by atoms with Crippen LogP contribution in [0.15, 0.2) is 29.8 Å². The zero-order valence-electron chi connectivity index (χ0n) is 26.5. The van der Waals surface area contributed by atoms with Crippen LogP contribution < -0.4 is 0 Å². The van der Waals surface area contributed by atoms with Crippen molar-refractivity contribution in [3.05, 3.63) is 41.2 Å². The third-order valence-electron chi connectivity index (χ3n) is 13.9. The molecule has 0 aliphatic heterocycles. The summed E-state index contributed by atoms with van der Waals surface area (Å²) in [6, 6.07) is 9.40. The van der Waals surface area contributed by atoms with E-state index in [9.17, 15) is 24.3 Å². The van der Waals surface area contributed by atoms with Crippen molar-refractivity contribution in [2.45, 2.75) is 99.8 Å². The number of hydrogen-bond acceptors (Lipinski definition) is 3. The molecule has 1 aromatic carbocycles. The minimum Gasteiger partial charge on any atom is -0.481 e. The van der Waals surface area contributed by atoms with Gasteiger partial charge in [0, 0.05) is 5.41 Å². The maximum absolute atomic E-state index is 14.9. The fourth-order valence-electron chi connectivity index (χ4n) is 12.0. The number of carbonyl (C=O) groups excluding carboxylic acids is 1. The fourth-order valence-corrected chi connectivity index (χ4v) is 12.0. The van der Waals surface area contributed by atoms with Crippen LogP contribution in [0, 0.1) is 79.7 Å². The topological polar surface area (TPSA) is 78.2 Å². The van der Waals surface area contributed by atoms with Crippen molar-refractivity contribution < 1.29 is 19.1 Å². The quantitative estimate of drug-likeness (QED) is 0.384. The number of fused-ring (bicyclic) bond motifs is 7. The van der Waals surface area contributed by atoms with Crippen molar-refractivity contribution in [1.29, 1.82) is 5.26 Å². The van der Waals surface area contributed by atoms with Gasteiger partial charge in [-0.2, -0.15) is 5.26 Å². The molecule has 5 heteroatoms. The predicted molar refractivity (Wildman–Crippen MR) is 161 cm³/mol. The Morgan fingerprint density at radius 2 is 1.71 bits per heavy atom. The standard InChI is InChI=1S/C37H48FNO3/c1-33(2)18-26-24(27(19-33)32(41)42)11-13-37(7)30(26)25(21-9-8-10-23(38)15-21)16-29-35(5)17-22(20-39)31(40)34(3,4)28(35)12-14-36(29,37)6/h8-10,15,22,24,26-29H,11-14,16-19H2,1-7H3,(H,41,42)/t22?,24?,26?,27-,28?,29?,35?,36?,37?/m1/s1. The molecule has 226 valence electrons. The summed E-state index contributed by atoms with van der Waals surface area (Å²) >= 11 is 0. The summed E-state index contributed by atoms with van der Waals surface area (Å²) in [6.07, 6.45) is 6.78. The number of carbonyl (C=O) groups is 2. The minimum atomic E-state index is -0.682. The Morgan fingerprint density at radius 3 is 2.36 bits per heavy atom. The van der Waals surface area contributed by atoms with Crippen molar-refractivity contribution in [1.82, 2.24) is 0 Å². The second kappa shape index (κ2) is 9.26. The second-order valence-corrected chi connectivity index (χ2v) is 16.8.